The highest BCUT2D eigenvalue weighted by Gasteiger charge is 2.35. The molecule has 1 aromatic carbocycles. The number of pyridine rings is 1. The molecule has 2 heterocycles. The van der Waals surface area contributed by atoms with Crippen LogP contribution in [-0.4, -0.2) is 23.3 Å². The maximum Gasteiger partial charge on any atom is 0.230 e. The van der Waals surface area contributed by atoms with Gasteiger partial charge in [0.2, 0.25) is 11.8 Å². The first-order valence-corrected chi connectivity index (χ1v) is 8.20. The minimum absolute atomic E-state index is 0.0170. The first-order valence-electron chi connectivity index (χ1n) is 8.20. The Hall–Kier alpha value is -2.69. The van der Waals surface area contributed by atoms with Crippen LogP contribution in [0.4, 0.5) is 11.5 Å². The largest absolute Gasteiger partial charge is 0.312 e. The number of nitrogens with zero attached hydrogens (tertiary/aromatic N) is 2. The van der Waals surface area contributed by atoms with Crippen molar-refractivity contribution in [1.82, 2.24) is 4.98 Å². The molecule has 0 radical (unpaired) electrons. The number of carbonyl (C=O) groups is 2. The summed E-state index contributed by atoms with van der Waals surface area (Å²) in [6.07, 6.45) is 1.19. The number of rotatable bonds is 4. The van der Waals surface area contributed by atoms with Gasteiger partial charge in [0.1, 0.15) is 5.82 Å². The van der Waals surface area contributed by atoms with Crippen LogP contribution in [0.3, 0.4) is 0 Å². The topological polar surface area (TPSA) is 62.3 Å². The van der Waals surface area contributed by atoms with Crippen LogP contribution in [0.1, 0.15) is 24.6 Å². The standard InChI is InChI=1S/C19H21N3O2/c1-3-14-7-9-16(10-8-14)22-12-15(11-18(22)23)19(24)21-17-6-4-5-13(2)20-17/h4-10,15H,3,11-12H2,1-2H3,(H,20,21,24). The van der Waals surface area contributed by atoms with Gasteiger partial charge in [-0.25, -0.2) is 4.98 Å². The summed E-state index contributed by atoms with van der Waals surface area (Å²) in [6, 6.07) is 13.4. The highest BCUT2D eigenvalue weighted by Crippen LogP contribution is 2.26. The molecule has 0 spiro atoms. The molecule has 1 fully saturated rings. The molecule has 2 amide bonds. The number of aryl methyl sites for hydroxylation is 2. The predicted molar refractivity (Wildman–Crippen MR) is 93.9 cm³/mol. The number of nitrogens with one attached hydrogen (secondary N) is 1. The summed E-state index contributed by atoms with van der Waals surface area (Å²) >= 11 is 0. The Balaban J connectivity index is 1.68. The van der Waals surface area contributed by atoms with E-state index in [1.54, 1.807) is 11.0 Å². The Bertz CT molecular complexity index is 755. The third-order valence-electron chi connectivity index (χ3n) is 4.29. The van der Waals surface area contributed by atoms with Crippen molar-refractivity contribution in [2.45, 2.75) is 26.7 Å². The lowest BCUT2D eigenvalue weighted by molar-refractivity contribution is -0.122. The van der Waals surface area contributed by atoms with Gasteiger partial charge in [0.25, 0.3) is 0 Å². The van der Waals surface area contributed by atoms with Crippen LogP contribution < -0.4 is 10.2 Å². The average molecular weight is 323 g/mol. The first-order chi connectivity index (χ1) is 11.6. The maximum atomic E-state index is 12.4. The van der Waals surface area contributed by atoms with Gasteiger partial charge in [-0.2, -0.15) is 0 Å². The number of anilines is 2. The minimum atomic E-state index is -0.356. The van der Waals surface area contributed by atoms with E-state index >= 15 is 0 Å². The smallest absolute Gasteiger partial charge is 0.230 e. The summed E-state index contributed by atoms with van der Waals surface area (Å²) in [7, 11) is 0. The molecule has 124 valence electrons. The van der Waals surface area contributed by atoms with Crippen LogP contribution >= 0.6 is 0 Å². The van der Waals surface area contributed by atoms with Gasteiger partial charge >= 0.3 is 0 Å². The second-order valence-electron chi connectivity index (χ2n) is 6.08. The van der Waals surface area contributed by atoms with E-state index < -0.39 is 0 Å². The van der Waals surface area contributed by atoms with Gasteiger partial charge < -0.3 is 10.2 Å². The molecule has 1 N–H and O–H groups in total. The van der Waals surface area contributed by atoms with Crippen LogP contribution in [0.25, 0.3) is 0 Å². The number of benzene rings is 1. The van der Waals surface area contributed by atoms with E-state index in [0.717, 1.165) is 17.8 Å². The third-order valence-corrected chi connectivity index (χ3v) is 4.29. The first kappa shape index (κ1) is 16.2. The van der Waals surface area contributed by atoms with Crippen LogP contribution in [0.5, 0.6) is 0 Å². The van der Waals surface area contributed by atoms with Crippen molar-refractivity contribution in [2.24, 2.45) is 5.92 Å². The summed E-state index contributed by atoms with van der Waals surface area (Å²) < 4.78 is 0. The van der Waals surface area contributed by atoms with Crippen molar-refractivity contribution >= 4 is 23.3 Å². The molecular formula is C19H21N3O2. The molecular weight excluding hydrogens is 302 g/mol. The molecule has 1 saturated heterocycles. The molecule has 2 aromatic rings. The monoisotopic (exact) mass is 323 g/mol. The van der Waals surface area contributed by atoms with E-state index in [0.29, 0.717) is 12.4 Å². The van der Waals surface area contributed by atoms with Gasteiger partial charge in [0, 0.05) is 24.3 Å². The van der Waals surface area contributed by atoms with Crippen LogP contribution in [0.2, 0.25) is 0 Å². The number of amides is 2. The molecule has 3 rings (SSSR count). The number of aromatic nitrogens is 1. The number of carbonyl (C=O) groups excluding carboxylic acids is 2. The molecule has 1 unspecified atom stereocenters. The molecule has 1 atom stereocenters. The fourth-order valence-corrected chi connectivity index (χ4v) is 2.89. The summed E-state index contributed by atoms with van der Waals surface area (Å²) in [5.41, 5.74) is 2.92. The highest BCUT2D eigenvalue weighted by molar-refractivity contribution is 6.03. The Kier molecular flexibility index (Phi) is 4.60. The fourth-order valence-electron chi connectivity index (χ4n) is 2.89. The summed E-state index contributed by atoms with van der Waals surface area (Å²) in [5, 5.41) is 2.81. The fraction of sp³-hybridized carbons (Fsp3) is 0.316. The molecule has 1 aliphatic rings. The Morgan fingerprint density at radius 3 is 2.67 bits per heavy atom. The van der Waals surface area contributed by atoms with E-state index in [1.807, 2.05) is 43.3 Å². The zero-order valence-electron chi connectivity index (χ0n) is 14.0. The van der Waals surface area contributed by atoms with Gasteiger partial charge in [0.05, 0.1) is 5.92 Å². The van der Waals surface area contributed by atoms with Gasteiger partial charge in [-0.1, -0.05) is 25.1 Å². The Morgan fingerprint density at radius 2 is 2.00 bits per heavy atom. The second kappa shape index (κ2) is 6.83. The average Bonchev–Trinajstić information content (AvgIpc) is 2.97. The van der Waals surface area contributed by atoms with Crippen molar-refractivity contribution in [3.05, 3.63) is 53.7 Å². The molecule has 0 saturated carbocycles. The van der Waals surface area contributed by atoms with E-state index in [9.17, 15) is 9.59 Å². The lowest BCUT2D eigenvalue weighted by Gasteiger charge is -2.17. The third kappa shape index (κ3) is 3.45. The van der Waals surface area contributed by atoms with Crippen LogP contribution in [0.15, 0.2) is 42.5 Å². The lowest BCUT2D eigenvalue weighted by atomic mass is 10.1. The van der Waals surface area contributed by atoms with Crippen molar-refractivity contribution < 1.29 is 9.59 Å². The minimum Gasteiger partial charge on any atom is -0.312 e. The zero-order valence-corrected chi connectivity index (χ0v) is 14.0. The van der Waals surface area contributed by atoms with Crippen molar-refractivity contribution in [1.29, 1.82) is 0 Å². The normalized spacial score (nSPS) is 17.2. The van der Waals surface area contributed by atoms with E-state index in [1.165, 1.54) is 5.56 Å². The molecule has 0 aliphatic carbocycles. The molecule has 24 heavy (non-hydrogen) atoms. The molecule has 5 heteroatoms. The summed E-state index contributed by atoms with van der Waals surface area (Å²) in [4.78, 5) is 30.7. The molecule has 1 aliphatic heterocycles. The van der Waals surface area contributed by atoms with Crippen molar-refractivity contribution in [2.75, 3.05) is 16.8 Å². The summed E-state index contributed by atoms with van der Waals surface area (Å²) in [5.74, 6) is -0.00501. The SMILES string of the molecule is CCc1ccc(N2CC(C(=O)Nc3cccc(C)n3)CC2=O)cc1. The van der Waals surface area contributed by atoms with E-state index in [2.05, 4.69) is 17.2 Å². The van der Waals surface area contributed by atoms with Crippen molar-refractivity contribution in [3.8, 4) is 0 Å². The Labute approximate surface area is 141 Å². The number of hydrogen-bond acceptors (Lipinski definition) is 3. The number of hydrogen-bond donors (Lipinski definition) is 1. The van der Waals surface area contributed by atoms with Gasteiger partial charge in [-0.05, 0) is 43.2 Å². The van der Waals surface area contributed by atoms with Crippen LogP contribution in [-0.2, 0) is 16.0 Å². The lowest BCUT2D eigenvalue weighted by Crippen LogP contribution is -2.28. The zero-order chi connectivity index (χ0) is 17.1. The predicted octanol–water partition coefficient (Wildman–Crippen LogP) is 2.94. The van der Waals surface area contributed by atoms with Gasteiger partial charge in [-0.3, -0.25) is 9.59 Å². The summed E-state index contributed by atoms with van der Waals surface area (Å²) in [6.45, 7) is 4.37. The van der Waals surface area contributed by atoms with Crippen molar-refractivity contribution in [3.63, 3.8) is 0 Å². The van der Waals surface area contributed by atoms with E-state index in [-0.39, 0.29) is 24.2 Å². The Morgan fingerprint density at radius 1 is 1.25 bits per heavy atom. The second-order valence-corrected chi connectivity index (χ2v) is 6.08. The molecule has 5 nitrogen and oxygen atoms in total. The maximum absolute atomic E-state index is 12.4. The molecule has 0 bridgehead atoms. The quantitative estimate of drug-likeness (QED) is 0.941. The van der Waals surface area contributed by atoms with Crippen LogP contribution in [0, 0.1) is 12.8 Å². The van der Waals surface area contributed by atoms with Gasteiger partial charge in [0.15, 0.2) is 0 Å². The van der Waals surface area contributed by atoms with Gasteiger partial charge in [-0.15, -0.1) is 0 Å². The highest BCUT2D eigenvalue weighted by atomic mass is 16.2. The van der Waals surface area contributed by atoms with E-state index in [4.69, 9.17) is 0 Å². The molecule has 1 aromatic heterocycles.